The Hall–Kier alpha value is -4.44. The number of nitrogens with one attached hydrogen (secondary N) is 2. The molecule has 0 radical (unpaired) electrons. The van der Waals surface area contributed by atoms with E-state index < -0.39 is 17.8 Å². The van der Waals surface area contributed by atoms with Crippen LogP contribution in [0.25, 0.3) is 6.08 Å². The van der Waals surface area contributed by atoms with Crippen LogP contribution < -0.4 is 25.0 Å². The number of imide groups is 2. The number of amides is 5. The van der Waals surface area contributed by atoms with E-state index in [1.807, 2.05) is 13.0 Å². The fourth-order valence-electron chi connectivity index (χ4n) is 3.53. The molecule has 1 fully saturated rings. The molecule has 37 heavy (non-hydrogen) atoms. The summed E-state index contributed by atoms with van der Waals surface area (Å²) in [5.74, 6) is -1.18. The number of urea groups is 1. The summed E-state index contributed by atoms with van der Waals surface area (Å²) in [5, 5.41) is 4.91. The molecular formula is C27H22BrN3O6. The van der Waals surface area contributed by atoms with Crippen molar-refractivity contribution in [2.45, 2.75) is 6.92 Å². The molecule has 2 N–H and O–H groups in total. The molecule has 4 rings (SSSR count). The monoisotopic (exact) mass is 563 g/mol. The third kappa shape index (κ3) is 6.22. The number of rotatable bonds is 8. The fourth-order valence-corrected chi connectivity index (χ4v) is 3.91. The molecule has 188 valence electrons. The van der Waals surface area contributed by atoms with E-state index in [1.54, 1.807) is 66.7 Å². The molecule has 0 saturated carbocycles. The Bertz CT molecular complexity index is 1370. The summed E-state index contributed by atoms with van der Waals surface area (Å²) in [6.07, 6.45) is 1.32. The van der Waals surface area contributed by atoms with Crippen LogP contribution in [0.15, 0.2) is 82.8 Å². The number of carbonyl (C=O) groups is 4. The van der Waals surface area contributed by atoms with Gasteiger partial charge in [0, 0.05) is 15.7 Å². The summed E-state index contributed by atoms with van der Waals surface area (Å²) in [5.41, 5.74) is 0.983. The van der Waals surface area contributed by atoms with Gasteiger partial charge in [0.05, 0.1) is 12.3 Å². The highest BCUT2D eigenvalue weighted by Gasteiger charge is 2.37. The van der Waals surface area contributed by atoms with E-state index in [0.29, 0.717) is 28.1 Å². The highest BCUT2D eigenvalue weighted by atomic mass is 79.9. The molecule has 3 aromatic rings. The second kappa shape index (κ2) is 11.5. The average Bonchev–Trinajstić information content (AvgIpc) is 2.87. The lowest BCUT2D eigenvalue weighted by Gasteiger charge is -2.26. The fraction of sp³-hybridized carbons (Fsp3) is 0.111. The standard InChI is InChI=1S/C27H22BrN3O6/c1-2-36-21-11-9-20(10-12-21)31-26(34)22(25(33)30-27(31)35)15-17-14-18(28)8-13-23(17)37-16-24(32)29-19-6-4-3-5-7-19/h3-15H,2,16H2,1H3,(H,29,32)(H,30,33,35)/b22-15+. The highest BCUT2D eigenvalue weighted by molar-refractivity contribution is 9.10. The van der Waals surface area contributed by atoms with Crippen LogP contribution in [0.1, 0.15) is 12.5 Å². The van der Waals surface area contributed by atoms with E-state index >= 15 is 0 Å². The normalized spacial score (nSPS) is 14.4. The number of nitrogens with zero attached hydrogens (tertiary/aromatic N) is 1. The largest absolute Gasteiger partial charge is 0.494 e. The number of anilines is 2. The van der Waals surface area contributed by atoms with Gasteiger partial charge in [-0.1, -0.05) is 34.1 Å². The van der Waals surface area contributed by atoms with Gasteiger partial charge in [-0.2, -0.15) is 0 Å². The number of hydrogen-bond acceptors (Lipinski definition) is 6. The zero-order valence-corrected chi connectivity index (χ0v) is 21.3. The van der Waals surface area contributed by atoms with Crippen molar-refractivity contribution in [3.8, 4) is 11.5 Å². The van der Waals surface area contributed by atoms with Gasteiger partial charge in [-0.3, -0.25) is 19.7 Å². The maximum absolute atomic E-state index is 13.3. The number of halogens is 1. The van der Waals surface area contributed by atoms with E-state index in [-0.39, 0.29) is 29.5 Å². The lowest BCUT2D eigenvalue weighted by atomic mass is 10.1. The molecule has 0 atom stereocenters. The van der Waals surface area contributed by atoms with Crippen LogP contribution in [0.2, 0.25) is 0 Å². The third-order valence-electron chi connectivity index (χ3n) is 5.20. The minimum Gasteiger partial charge on any atom is -0.494 e. The van der Waals surface area contributed by atoms with Gasteiger partial charge in [-0.15, -0.1) is 0 Å². The van der Waals surface area contributed by atoms with Crippen LogP contribution in [0.4, 0.5) is 16.2 Å². The Morgan fingerprint density at radius 3 is 2.43 bits per heavy atom. The van der Waals surface area contributed by atoms with Crippen LogP contribution in [0.5, 0.6) is 11.5 Å². The number of ether oxygens (including phenoxy) is 2. The minimum absolute atomic E-state index is 0.268. The molecule has 0 bridgehead atoms. The van der Waals surface area contributed by atoms with Crippen molar-refractivity contribution < 1.29 is 28.7 Å². The van der Waals surface area contributed by atoms with E-state index in [0.717, 1.165) is 4.90 Å². The first-order chi connectivity index (χ1) is 17.9. The number of hydrogen-bond donors (Lipinski definition) is 2. The van der Waals surface area contributed by atoms with Gasteiger partial charge in [0.15, 0.2) is 6.61 Å². The topological polar surface area (TPSA) is 114 Å². The smallest absolute Gasteiger partial charge is 0.335 e. The first-order valence-corrected chi connectivity index (χ1v) is 12.1. The second-order valence-electron chi connectivity index (χ2n) is 7.77. The Morgan fingerprint density at radius 1 is 1.00 bits per heavy atom. The minimum atomic E-state index is -0.861. The van der Waals surface area contributed by atoms with Crippen molar-refractivity contribution in [2.24, 2.45) is 0 Å². The van der Waals surface area contributed by atoms with Crippen molar-refractivity contribution in [1.82, 2.24) is 5.32 Å². The van der Waals surface area contributed by atoms with Crippen LogP contribution in [-0.2, 0) is 14.4 Å². The lowest BCUT2D eigenvalue weighted by Crippen LogP contribution is -2.54. The molecule has 1 saturated heterocycles. The van der Waals surface area contributed by atoms with Crippen molar-refractivity contribution in [2.75, 3.05) is 23.4 Å². The second-order valence-corrected chi connectivity index (χ2v) is 8.69. The summed E-state index contributed by atoms with van der Waals surface area (Å²) in [4.78, 5) is 51.6. The summed E-state index contributed by atoms with van der Waals surface area (Å²) >= 11 is 3.37. The SMILES string of the molecule is CCOc1ccc(N2C(=O)NC(=O)/C(=C\c3cc(Br)ccc3OCC(=O)Nc3ccccc3)C2=O)cc1. The zero-order valence-electron chi connectivity index (χ0n) is 19.7. The Kier molecular flexibility index (Phi) is 7.99. The molecule has 3 aromatic carbocycles. The van der Waals surface area contributed by atoms with E-state index in [9.17, 15) is 19.2 Å². The first-order valence-electron chi connectivity index (χ1n) is 11.3. The zero-order chi connectivity index (χ0) is 26.4. The van der Waals surface area contributed by atoms with Crippen molar-refractivity contribution in [1.29, 1.82) is 0 Å². The molecule has 0 aromatic heterocycles. The Balaban J connectivity index is 1.57. The molecule has 1 aliphatic heterocycles. The van der Waals surface area contributed by atoms with Crippen molar-refractivity contribution in [3.63, 3.8) is 0 Å². The molecule has 0 spiro atoms. The first kappa shape index (κ1) is 25.6. The maximum Gasteiger partial charge on any atom is 0.335 e. The molecule has 5 amide bonds. The summed E-state index contributed by atoms with van der Waals surface area (Å²) in [6.45, 7) is 2.01. The van der Waals surface area contributed by atoms with E-state index in [2.05, 4.69) is 26.6 Å². The highest BCUT2D eigenvalue weighted by Crippen LogP contribution is 2.29. The quantitative estimate of drug-likeness (QED) is 0.307. The molecular weight excluding hydrogens is 542 g/mol. The summed E-state index contributed by atoms with van der Waals surface area (Å²) in [6, 6.07) is 19.3. The molecule has 1 heterocycles. The van der Waals surface area contributed by atoms with Crippen LogP contribution >= 0.6 is 15.9 Å². The van der Waals surface area contributed by atoms with Gasteiger partial charge in [0.25, 0.3) is 17.7 Å². The van der Waals surface area contributed by atoms with E-state index in [1.165, 1.54) is 6.08 Å². The molecule has 10 heteroatoms. The predicted octanol–water partition coefficient (Wildman–Crippen LogP) is 4.53. The van der Waals surface area contributed by atoms with Crippen LogP contribution in [-0.4, -0.2) is 37.0 Å². The van der Waals surface area contributed by atoms with Gasteiger partial charge in [-0.05, 0) is 67.6 Å². The Labute approximate surface area is 221 Å². The maximum atomic E-state index is 13.3. The predicted molar refractivity (Wildman–Crippen MR) is 141 cm³/mol. The Morgan fingerprint density at radius 2 is 1.73 bits per heavy atom. The lowest BCUT2D eigenvalue weighted by molar-refractivity contribution is -0.122. The van der Waals surface area contributed by atoms with Gasteiger partial charge in [0.2, 0.25) is 0 Å². The van der Waals surface area contributed by atoms with Crippen molar-refractivity contribution >= 4 is 57.1 Å². The molecule has 0 aliphatic carbocycles. The number of para-hydroxylation sites is 1. The number of benzene rings is 3. The summed E-state index contributed by atoms with van der Waals surface area (Å²) in [7, 11) is 0. The summed E-state index contributed by atoms with van der Waals surface area (Å²) < 4.78 is 11.7. The molecule has 9 nitrogen and oxygen atoms in total. The number of barbiturate groups is 1. The van der Waals surface area contributed by atoms with E-state index in [4.69, 9.17) is 9.47 Å². The third-order valence-corrected chi connectivity index (χ3v) is 5.69. The van der Waals surface area contributed by atoms with Gasteiger partial charge >= 0.3 is 6.03 Å². The van der Waals surface area contributed by atoms with Gasteiger partial charge < -0.3 is 14.8 Å². The molecule has 0 unspecified atom stereocenters. The molecule has 1 aliphatic rings. The van der Waals surface area contributed by atoms with Crippen LogP contribution in [0.3, 0.4) is 0 Å². The van der Waals surface area contributed by atoms with Gasteiger partial charge in [0.1, 0.15) is 17.1 Å². The van der Waals surface area contributed by atoms with Crippen LogP contribution in [0, 0.1) is 0 Å². The van der Waals surface area contributed by atoms with Gasteiger partial charge in [-0.25, -0.2) is 9.69 Å². The average molecular weight is 564 g/mol. The van der Waals surface area contributed by atoms with Crippen molar-refractivity contribution in [3.05, 3.63) is 88.4 Å². The number of carbonyl (C=O) groups excluding carboxylic acids is 4.